The van der Waals surface area contributed by atoms with E-state index in [0.717, 1.165) is 15.8 Å². The monoisotopic (exact) mass is 419 g/mol. The lowest BCUT2D eigenvalue weighted by Crippen LogP contribution is -2.41. The summed E-state index contributed by atoms with van der Waals surface area (Å²) in [5.74, 6) is -1.76. The topological polar surface area (TPSA) is 109 Å². The second kappa shape index (κ2) is 7.71. The molecule has 2 aromatic carbocycles. The summed E-state index contributed by atoms with van der Waals surface area (Å²) in [7, 11) is 0. The molecule has 158 valence electrons. The number of hydrogen-bond donors (Lipinski definition) is 2. The fraction of sp³-hybridized carbons (Fsp3) is 0.217. The number of H-pyrrole nitrogens is 1. The van der Waals surface area contributed by atoms with E-state index in [-0.39, 0.29) is 5.78 Å². The number of para-hydroxylation sites is 1. The summed E-state index contributed by atoms with van der Waals surface area (Å²) in [6.07, 6.45) is 0. The van der Waals surface area contributed by atoms with Crippen molar-refractivity contribution < 1.29 is 23.9 Å². The molecular weight excluding hydrogens is 398 g/mol. The summed E-state index contributed by atoms with van der Waals surface area (Å²) < 4.78 is 5.09. The Hall–Kier alpha value is -3.94. The summed E-state index contributed by atoms with van der Waals surface area (Å²) in [4.78, 5) is 54.1. The van der Waals surface area contributed by atoms with Crippen LogP contribution in [0.3, 0.4) is 0 Å². The van der Waals surface area contributed by atoms with Gasteiger partial charge >= 0.3 is 12.0 Å². The minimum absolute atomic E-state index is 0.366. The number of nitrogens with zero attached hydrogens (tertiary/aromatic N) is 1. The van der Waals surface area contributed by atoms with Gasteiger partial charge in [-0.25, -0.2) is 4.79 Å². The second-order valence-corrected chi connectivity index (χ2v) is 7.57. The third-order valence-corrected chi connectivity index (χ3v) is 5.45. The van der Waals surface area contributed by atoms with E-state index in [1.54, 1.807) is 44.2 Å². The Kier molecular flexibility index (Phi) is 5.06. The smallest absolute Gasteiger partial charge is 0.326 e. The van der Waals surface area contributed by atoms with Crippen LogP contribution in [0.1, 0.15) is 28.5 Å². The first-order valence-electron chi connectivity index (χ1n) is 9.77. The zero-order valence-electron chi connectivity index (χ0n) is 17.1. The minimum atomic E-state index is -1.27. The molecule has 1 saturated heterocycles. The summed E-state index contributed by atoms with van der Waals surface area (Å²) in [5.41, 5.74) is 1.28. The number of aromatic amines is 1. The quantitative estimate of drug-likeness (QED) is 0.363. The number of urea groups is 1. The van der Waals surface area contributed by atoms with Gasteiger partial charge in [-0.05, 0) is 25.5 Å². The highest BCUT2D eigenvalue weighted by atomic mass is 16.5. The number of nitrogens with one attached hydrogen (secondary N) is 2. The minimum Gasteiger partial charge on any atom is -0.456 e. The fourth-order valence-corrected chi connectivity index (χ4v) is 3.84. The number of benzene rings is 2. The summed E-state index contributed by atoms with van der Waals surface area (Å²) in [5, 5.41) is 3.37. The molecule has 3 amide bonds. The highest BCUT2D eigenvalue weighted by Gasteiger charge is 2.49. The van der Waals surface area contributed by atoms with Gasteiger partial charge < -0.3 is 15.0 Å². The van der Waals surface area contributed by atoms with Crippen molar-refractivity contribution in [2.75, 3.05) is 13.2 Å². The van der Waals surface area contributed by atoms with Gasteiger partial charge in [0.2, 0.25) is 5.78 Å². The molecule has 2 heterocycles. The second-order valence-electron chi connectivity index (χ2n) is 7.57. The maximum atomic E-state index is 12.9. The van der Waals surface area contributed by atoms with Crippen molar-refractivity contribution in [1.82, 2.24) is 15.2 Å². The van der Waals surface area contributed by atoms with E-state index in [4.69, 9.17) is 4.74 Å². The number of aryl methyl sites for hydroxylation is 1. The van der Waals surface area contributed by atoms with Gasteiger partial charge in [-0.2, -0.15) is 0 Å². The first kappa shape index (κ1) is 20.3. The van der Waals surface area contributed by atoms with Gasteiger partial charge in [0.15, 0.2) is 6.61 Å². The molecule has 3 aromatic rings. The zero-order chi connectivity index (χ0) is 22.2. The van der Waals surface area contributed by atoms with Gasteiger partial charge in [-0.3, -0.25) is 19.3 Å². The van der Waals surface area contributed by atoms with Gasteiger partial charge in [-0.1, -0.05) is 48.5 Å². The predicted molar refractivity (Wildman–Crippen MR) is 112 cm³/mol. The van der Waals surface area contributed by atoms with Crippen LogP contribution in [0, 0.1) is 6.92 Å². The molecule has 0 radical (unpaired) electrons. The van der Waals surface area contributed by atoms with Gasteiger partial charge in [0.25, 0.3) is 5.91 Å². The molecule has 8 nitrogen and oxygen atoms in total. The van der Waals surface area contributed by atoms with Crippen LogP contribution in [0.4, 0.5) is 4.79 Å². The zero-order valence-corrected chi connectivity index (χ0v) is 17.1. The third-order valence-electron chi connectivity index (χ3n) is 5.45. The Balaban J connectivity index is 1.42. The van der Waals surface area contributed by atoms with Crippen molar-refractivity contribution in [3.05, 3.63) is 71.4 Å². The third kappa shape index (κ3) is 3.56. The molecule has 0 unspecified atom stereocenters. The molecule has 4 rings (SSSR count). The predicted octanol–water partition coefficient (Wildman–Crippen LogP) is 2.67. The average molecular weight is 419 g/mol. The summed E-state index contributed by atoms with van der Waals surface area (Å²) >= 11 is 0. The van der Waals surface area contributed by atoms with Crippen molar-refractivity contribution >= 4 is 34.6 Å². The van der Waals surface area contributed by atoms with Crippen LogP contribution in [0.5, 0.6) is 0 Å². The summed E-state index contributed by atoms with van der Waals surface area (Å²) in [6.45, 7) is 2.29. The van der Waals surface area contributed by atoms with E-state index < -0.39 is 36.6 Å². The van der Waals surface area contributed by atoms with E-state index in [2.05, 4.69) is 10.3 Å². The molecule has 0 saturated carbocycles. The molecular formula is C23H21N3O5. The van der Waals surface area contributed by atoms with Crippen LogP contribution in [0.2, 0.25) is 0 Å². The first-order chi connectivity index (χ1) is 14.8. The van der Waals surface area contributed by atoms with Crippen molar-refractivity contribution in [3.8, 4) is 0 Å². The number of rotatable bonds is 6. The Bertz CT molecular complexity index is 1200. The molecule has 0 aliphatic carbocycles. The number of carbonyl (C=O) groups is 4. The maximum absolute atomic E-state index is 12.9. The molecule has 0 bridgehead atoms. The highest BCUT2D eigenvalue weighted by molar-refractivity contribution is 6.11. The molecule has 1 atom stereocenters. The highest BCUT2D eigenvalue weighted by Crippen LogP contribution is 2.28. The van der Waals surface area contributed by atoms with Crippen molar-refractivity contribution in [2.45, 2.75) is 19.4 Å². The van der Waals surface area contributed by atoms with Gasteiger partial charge in [0, 0.05) is 22.2 Å². The number of carbonyl (C=O) groups excluding carboxylic acids is 4. The fourth-order valence-electron chi connectivity index (χ4n) is 3.84. The van der Waals surface area contributed by atoms with Gasteiger partial charge in [0.05, 0.1) is 0 Å². The first-order valence-corrected chi connectivity index (χ1v) is 9.77. The summed E-state index contributed by atoms with van der Waals surface area (Å²) in [6, 6.07) is 15.4. The molecule has 1 aliphatic heterocycles. The van der Waals surface area contributed by atoms with E-state index in [1.165, 1.54) is 0 Å². The number of esters is 1. The Labute approximate surface area is 178 Å². The molecule has 8 heteroatoms. The molecule has 0 spiro atoms. The Morgan fingerprint density at radius 2 is 1.71 bits per heavy atom. The standard InChI is InChI=1S/C23H21N3O5/c1-14-20(16-10-6-7-11-17(16)24-14)18(27)13-31-19(28)12-26-21(29)23(2,25-22(26)30)15-8-4-3-5-9-15/h3-11,24H,12-13H2,1-2H3,(H,25,30)/t23-/m1/s1. The number of amides is 3. The number of hydrogen-bond acceptors (Lipinski definition) is 5. The molecule has 1 aliphatic rings. The Morgan fingerprint density at radius 1 is 1.03 bits per heavy atom. The molecule has 1 aromatic heterocycles. The number of imide groups is 1. The molecule has 2 N–H and O–H groups in total. The molecule has 31 heavy (non-hydrogen) atoms. The Morgan fingerprint density at radius 3 is 2.45 bits per heavy atom. The van der Waals surface area contributed by atoms with Crippen LogP contribution >= 0.6 is 0 Å². The number of ether oxygens (including phenoxy) is 1. The van der Waals surface area contributed by atoms with Crippen LogP contribution in [0.25, 0.3) is 10.9 Å². The van der Waals surface area contributed by atoms with E-state index in [1.807, 2.05) is 24.3 Å². The van der Waals surface area contributed by atoms with Crippen molar-refractivity contribution in [2.24, 2.45) is 0 Å². The van der Waals surface area contributed by atoms with E-state index >= 15 is 0 Å². The number of fused-ring (bicyclic) bond motifs is 1. The number of Topliss-reactive ketones (excluding diaryl/α,β-unsaturated/α-hetero) is 1. The van der Waals surface area contributed by atoms with Crippen LogP contribution in [-0.4, -0.2) is 46.7 Å². The largest absolute Gasteiger partial charge is 0.456 e. The van der Waals surface area contributed by atoms with E-state index in [0.29, 0.717) is 16.8 Å². The van der Waals surface area contributed by atoms with Gasteiger partial charge in [0.1, 0.15) is 12.1 Å². The van der Waals surface area contributed by atoms with Crippen LogP contribution < -0.4 is 5.32 Å². The number of aromatic nitrogens is 1. The maximum Gasteiger partial charge on any atom is 0.326 e. The lowest BCUT2D eigenvalue weighted by atomic mass is 9.92. The SMILES string of the molecule is Cc1[nH]c2ccccc2c1C(=O)COC(=O)CN1C(=O)N[C@](C)(c2ccccc2)C1=O. The average Bonchev–Trinajstić information content (AvgIpc) is 3.21. The van der Waals surface area contributed by atoms with Crippen LogP contribution in [0.15, 0.2) is 54.6 Å². The number of ketones is 1. The lowest BCUT2D eigenvalue weighted by molar-refractivity contribution is -0.146. The van der Waals surface area contributed by atoms with Crippen molar-refractivity contribution in [1.29, 1.82) is 0 Å². The van der Waals surface area contributed by atoms with Crippen LogP contribution in [-0.2, 0) is 19.9 Å². The molecule has 1 fully saturated rings. The van der Waals surface area contributed by atoms with E-state index in [9.17, 15) is 19.2 Å². The van der Waals surface area contributed by atoms with Crippen molar-refractivity contribution in [3.63, 3.8) is 0 Å². The lowest BCUT2D eigenvalue weighted by Gasteiger charge is -2.21. The van der Waals surface area contributed by atoms with Gasteiger partial charge in [-0.15, -0.1) is 0 Å². The normalized spacial score (nSPS) is 18.3.